The Labute approximate surface area is 154 Å². The molecule has 0 aliphatic carbocycles. The minimum Gasteiger partial charge on any atom is -0.493 e. The van der Waals surface area contributed by atoms with E-state index in [2.05, 4.69) is 9.97 Å². The highest BCUT2D eigenvalue weighted by molar-refractivity contribution is 5.91. The number of primary amides is 1. The van der Waals surface area contributed by atoms with Gasteiger partial charge in [0.05, 0.1) is 12.2 Å². The summed E-state index contributed by atoms with van der Waals surface area (Å²) in [5.41, 5.74) is 4.63. The van der Waals surface area contributed by atoms with Gasteiger partial charge in [-0.05, 0) is 37.0 Å². The zero-order chi connectivity index (χ0) is 19.4. The highest BCUT2D eigenvalue weighted by Gasteiger charge is 2.31. The fraction of sp³-hybridized carbons (Fsp3) is 0.389. The standard InChI is InChI=1S/C18H19F3N4O2/c19-18(20,21)13-1-5-24-16(9-13)25-7-3-12(4-8-25)11-27-14-2-6-23-15(10-14)17(22)26/h1-2,5-6,9-10,12H,3-4,7-8,11H2,(H2,22,26). The molecule has 1 saturated heterocycles. The van der Waals surface area contributed by atoms with Gasteiger partial charge in [0.1, 0.15) is 17.3 Å². The van der Waals surface area contributed by atoms with Gasteiger partial charge < -0.3 is 15.4 Å². The second-order valence-corrected chi connectivity index (χ2v) is 6.38. The number of nitrogens with two attached hydrogens (primary N) is 1. The summed E-state index contributed by atoms with van der Waals surface area (Å²) in [7, 11) is 0. The molecule has 1 amide bonds. The number of hydrogen-bond donors (Lipinski definition) is 1. The molecule has 144 valence electrons. The molecule has 0 aromatic carbocycles. The van der Waals surface area contributed by atoms with Crippen LogP contribution in [0.25, 0.3) is 0 Å². The highest BCUT2D eigenvalue weighted by atomic mass is 19.4. The summed E-state index contributed by atoms with van der Waals surface area (Å²) in [4.78, 5) is 20.9. The van der Waals surface area contributed by atoms with E-state index < -0.39 is 17.6 Å². The second kappa shape index (κ2) is 7.81. The first-order valence-electron chi connectivity index (χ1n) is 8.50. The van der Waals surface area contributed by atoms with Crippen LogP contribution in [-0.2, 0) is 6.18 Å². The predicted molar refractivity (Wildman–Crippen MR) is 92.4 cm³/mol. The van der Waals surface area contributed by atoms with E-state index in [0.717, 1.165) is 25.0 Å². The summed E-state index contributed by atoms with van der Waals surface area (Å²) >= 11 is 0. The first kappa shape index (κ1) is 18.9. The third-order valence-electron chi connectivity index (χ3n) is 4.48. The van der Waals surface area contributed by atoms with Gasteiger partial charge in [-0.2, -0.15) is 13.2 Å². The van der Waals surface area contributed by atoms with Crippen molar-refractivity contribution in [2.45, 2.75) is 19.0 Å². The number of carbonyl (C=O) groups excluding carboxylic acids is 1. The van der Waals surface area contributed by atoms with Crippen LogP contribution in [0.1, 0.15) is 28.9 Å². The van der Waals surface area contributed by atoms with Crippen LogP contribution >= 0.6 is 0 Å². The first-order chi connectivity index (χ1) is 12.8. The van der Waals surface area contributed by atoms with E-state index in [1.807, 2.05) is 4.90 Å². The molecule has 3 heterocycles. The summed E-state index contributed by atoms with van der Waals surface area (Å²) in [6.07, 6.45) is -0.194. The number of alkyl halides is 3. The number of aromatic nitrogens is 2. The van der Waals surface area contributed by atoms with Crippen LogP contribution < -0.4 is 15.4 Å². The summed E-state index contributed by atoms with van der Waals surface area (Å²) in [5.74, 6) is 0.491. The average molecular weight is 380 g/mol. The topological polar surface area (TPSA) is 81.3 Å². The monoisotopic (exact) mass is 380 g/mol. The molecule has 1 fully saturated rings. The average Bonchev–Trinajstić information content (AvgIpc) is 2.66. The molecule has 3 rings (SSSR count). The molecule has 0 unspecified atom stereocenters. The third-order valence-corrected chi connectivity index (χ3v) is 4.48. The van der Waals surface area contributed by atoms with E-state index in [0.29, 0.717) is 31.3 Å². The van der Waals surface area contributed by atoms with Gasteiger partial charge in [0.15, 0.2) is 0 Å². The normalized spacial score (nSPS) is 15.6. The molecule has 0 bridgehead atoms. The largest absolute Gasteiger partial charge is 0.493 e. The van der Waals surface area contributed by atoms with Crippen molar-refractivity contribution in [1.29, 1.82) is 0 Å². The van der Waals surface area contributed by atoms with Gasteiger partial charge in [-0.15, -0.1) is 0 Å². The molecule has 2 aromatic rings. The fourth-order valence-electron chi connectivity index (χ4n) is 2.95. The van der Waals surface area contributed by atoms with E-state index in [1.54, 1.807) is 6.07 Å². The number of hydrogen-bond acceptors (Lipinski definition) is 5. The van der Waals surface area contributed by atoms with Crippen LogP contribution in [0, 0.1) is 5.92 Å². The van der Waals surface area contributed by atoms with Gasteiger partial charge in [-0.25, -0.2) is 4.98 Å². The van der Waals surface area contributed by atoms with E-state index in [4.69, 9.17) is 10.5 Å². The van der Waals surface area contributed by atoms with Gasteiger partial charge in [0.25, 0.3) is 5.91 Å². The Balaban J connectivity index is 1.54. The molecular weight excluding hydrogens is 361 g/mol. The Hall–Kier alpha value is -2.84. The van der Waals surface area contributed by atoms with Crippen molar-refractivity contribution in [2.24, 2.45) is 11.7 Å². The zero-order valence-electron chi connectivity index (χ0n) is 14.4. The van der Waals surface area contributed by atoms with Gasteiger partial charge in [0, 0.05) is 31.5 Å². The number of piperidine rings is 1. The quantitative estimate of drug-likeness (QED) is 0.863. The van der Waals surface area contributed by atoms with Gasteiger partial charge in [-0.3, -0.25) is 9.78 Å². The fourth-order valence-corrected chi connectivity index (χ4v) is 2.95. The van der Waals surface area contributed by atoms with E-state index in [9.17, 15) is 18.0 Å². The lowest BCUT2D eigenvalue weighted by Crippen LogP contribution is -2.36. The number of pyridine rings is 2. The number of ether oxygens (including phenoxy) is 1. The van der Waals surface area contributed by atoms with Crippen molar-refractivity contribution in [1.82, 2.24) is 9.97 Å². The summed E-state index contributed by atoms with van der Waals surface area (Å²) in [5, 5.41) is 0. The Bertz CT molecular complexity index is 805. The van der Waals surface area contributed by atoms with E-state index in [-0.39, 0.29) is 11.6 Å². The minimum atomic E-state index is -4.38. The summed E-state index contributed by atoms with van der Waals surface area (Å²) in [6, 6.07) is 5.19. The van der Waals surface area contributed by atoms with Gasteiger partial charge in [-0.1, -0.05) is 0 Å². The Morgan fingerprint density at radius 2 is 1.89 bits per heavy atom. The number of carbonyl (C=O) groups is 1. The number of rotatable bonds is 5. The van der Waals surface area contributed by atoms with Crippen LogP contribution in [0.4, 0.5) is 19.0 Å². The predicted octanol–water partition coefficient (Wildman–Crippen LogP) is 2.89. The van der Waals surface area contributed by atoms with Gasteiger partial charge in [0.2, 0.25) is 0 Å². The van der Waals surface area contributed by atoms with E-state index in [1.165, 1.54) is 18.5 Å². The molecule has 6 nitrogen and oxygen atoms in total. The van der Waals surface area contributed by atoms with Crippen molar-refractivity contribution in [3.8, 4) is 5.75 Å². The van der Waals surface area contributed by atoms with E-state index >= 15 is 0 Å². The smallest absolute Gasteiger partial charge is 0.416 e. The van der Waals surface area contributed by atoms with Crippen molar-refractivity contribution < 1.29 is 22.7 Å². The Morgan fingerprint density at radius 1 is 1.19 bits per heavy atom. The maximum absolute atomic E-state index is 12.8. The minimum absolute atomic E-state index is 0.137. The molecule has 0 radical (unpaired) electrons. The van der Waals surface area contributed by atoms with Crippen molar-refractivity contribution in [2.75, 3.05) is 24.6 Å². The molecule has 1 aliphatic rings. The number of amides is 1. The summed E-state index contributed by atoms with van der Waals surface area (Å²) in [6.45, 7) is 1.66. The molecule has 0 spiro atoms. The Kier molecular flexibility index (Phi) is 5.48. The number of halogens is 3. The van der Waals surface area contributed by atoms with Crippen LogP contribution in [0.3, 0.4) is 0 Å². The SMILES string of the molecule is NC(=O)c1cc(OCC2CCN(c3cc(C(F)(F)F)ccn3)CC2)ccn1. The molecular formula is C18H19F3N4O2. The second-order valence-electron chi connectivity index (χ2n) is 6.38. The zero-order valence-corrected chi connectivity index (χ0v) is 14.4. The third kappa shape index (κ3) is 4.87. The molecule has 0 saturated carbocycles. The lowest BCUT2D eigenvalue weighted by molar-refractivity contribution is -0.137. The molecule has 27 heavy (non-hydrogen) atoms. The highest BCUT2D eigenvalue weighted by Crippen LogP contribution is 2.31. The van der Waals surface area contributed by atoms with Crippen LogP contribution in [-0.4, -0.2) is 35.6 Å². The molecule has 9 heteroatoms. The number of anilines is 1. The molecule has 0 atom stereocenters. The first-order valence-corrected chi connectivity index (χ1v) is 8.50. The number of nitrogens with zero attached hydrogens (tertiary/aromatic N) is 3. The molecule has 1 aliphatic heterocycles. The maximum atomic E-state index is 12.8. The van der Waals surface area contributed by atoms with Crippen molar-refractivity contribution in [3.63, 3.8) is 0 Å². The van der Waals surface area contributed by atoms with Crippen molar-refractivity contribution >= 4 is 11.7 Å². The Morgan fingerprint density at radius 3 is 2.56 bits per heavy atom. The lowest BCUT2D eigenvalue weighted by Gasteiger charge is -2.32. The maximum Gasteiger partial charge on any atom is 0.416 e. The van der Waals surface area contributed by atoms with Crippen LogP contribution in [0.15, 0.2) is 36.7 Å². The lowest BCUT2D eigenvalue weighted by atomic mass is 9.97. The summed E-state index contributed by atoms with van der Waals surface area (Å²) < 4.78 is 44.2. The van der Waals surface area contributed by atoms with Crippen LogP contribution in [0.5, 0.6) is 5.75 Å². The van der Waals surface area contributed by atoms with Crippen molar-refractivity contribution in [3.05, 3.63) is 47.9 Å². The van der Waals surface area contributed by atoms with Crippen LogP contribution in [0.2, 0.25) is 0 Å². The molecule has 2 aromatic heterocycles. The van der Waals surface area contributed by atoms with Gasteiger partial charge >= 0.3 is 6.18 Å². The molecule has 2 N–H and O–H groups in total.